The van der Waals surface area contributed by atoms with Gasteiger partial charge in [-0.3, -0.25) is 0 Å². The first-order chi connectivity index (χ1) is 1.91. The Morgan fingerprint density at radius 1 is 2.00 bits per heavy atom. The Morgan fingerprint density at radius 3 is 2.25 bits per heavy atom. The molecule has 0 aromatic carbocycles. The molecule has 0 amide bonds. The van der Waals surface area contributed by atoms with E-state index in [1.165, 1.54) is 0 Å². The zero-order valence-corrected chi connectivity index (χ0v) is 4.39. The van der Waals surface area contributed by atoms with Crippen LogP contribution in [0.3, 0.4) is 0 Å². The molecule has 0 aromatic rings. The van der Waals surface area contributed by atoms with Crippen LogP contribution < -0.4 is 0 Å². The molecule has 0 atom stereocenters. The van der Waals surface area contributed by atoms with Gasteiger partial charge in [-0.1, -0.05) is 0 Å². The molecule has 4 heavy (non-hydrogen) atoms. The van der Waals surface area contributed by atoms with Crippen LogP contribution in [0.2, 0.25) is 0 Å². The van der Waals surface area contributed by atoms with E-state index in [0.29, 0.717) is 6.47 Å². The molecule has 2 nitrogen and oxygen atoms in total. The molecule has 0 radical (unpaired) electrons. The summed E-state index contributed by atoms with van der Waals surface area (Å²) in [6.45, 7) is 0.397. The van der Waals surface area contributed by atoms with Gasteiger partial charge < -0.3 is 0 Å². The fraction of sp³-hybridized carbons (Fsp3) is 0. The van der Waals surface area contributed by atoms with Gasteiger partial charge in [0.2, 0.25) is 0 Å². The molecule has 3 heteroatoms. The molecule has 0 unspecified atom stereocenters. The van der Waals surface area contributed by atoms with Gasteiger partial charge in [0.25, 0.3) is 0 Å². The van der Waals surface area contributed by atoms with Gasteiger partial charge in [-0.2, -0.15) is 0 Å². The molecule has 24 valence electrons. The van der Waals surface area contributed by atoms with E-state index in [-0.39, 0.29) is 0 Å². The van der Waals surface area contributed by atoms with E-state index >= 15 is 0 Å². The van der Waals surface area contributed by atoms with Crippen molar-refractivity contribution in [1.29, 1.82) is 0 Å². The average molecular weight is 174 g/mol. The van der Waals surface area contributed by atoms with E-state index in [0.717, 1.165) is 22.7 Å². The second-order valence-electron chi connectivity index (χ2n) is 0.202. The molecular formula is CH2O2Te. The molecule has 0 rings (SSSR count). The summed E-state index contributed by atoms with van der Waals surface area (Å²) in [6.07, 6.45) is 0. The van der Waals surface area contributed by atoms with Crippen molar-refractivity contribution in [3.05, 3.63) is 0 Å². The number of hydrogen-bond acceptors (Lipinski definition) is 2. The Kier molecular flexibility index (Phi) is 3.47. The standard InChI is InChI=1S/CH2O2Te/c2-1-3-4/h1,4H. The maximum atomic E-state index is 8.96. The van der Waals surface area contributed by atoms with Crippen molar-refractivity contribution in [1.82, 2.24) is 0 Å². The third-order valence-corrected chi connectivity index (χ3v) is 0.289. The van der Waals surface area contributed by atoms with Crippen LogP contribution in [-0.2, 0) is 7.90 Å². The number of rotatable bonds is 1. The van der Waals surface area contributed by atoms with E-state index in [1.807, 2.05) is 0 Å². The number of carbonyl (C=O) groups is 1. The molecule has 0 aliphatic heterocycles. The summed E-state index contributed by atoms with van der Waals surface area (Å²) in [6, 6.07) is 0. The molecule has 0 saturated heterocycles. The van der Waals surface area contributed by atoms with Crippen molar-refractivity contribution < 1.29 is 7.90 Å². The van der Waals surface area contributed by atoms with E-state index in [1.54, 1.807) is 0 Å². The molecule has 0 aromatic heterocycles. The van der Waals surface area contributed by atoms with Gasteiger partial charge in [-0.25, -0.2) is 0 Å². The Balaban J connectivity index is 2.30. The first-order valence-corrected chi connectivity index (χ1v) is 1.70. The monoisotopic (exact) mass is 176 g/mol. The summed E-state index contributed by atoms with van der Waals surface area (Å²) >= 11 is 1.03. The molecule has 0 bridgehead atoms. The summed E-state index contributed by atoms with van der Waals surface area (Å²) in [4.78, 5) is 8.96. The van der Waals surface area contributed by atoms with Crippen molar-refractivity contribution >= 4 is 29.2 Å². The fourth-order valence-electron chi connectivity index (χ4n) is 0. The summed E-state index contributed by atoms with van der Waals surface area (Å²) in [5.41, 5.74) is 0. The maximum absolute atomic E-state index is 8.96. The zero-order chi connectivity index (χ0) is 3.41. The third kappa shape index (κ3) is 2.26. The van der Waals surface area contributed by atoms with Crippen LogP contribution in [0.1, 0.15) is 0 Å². The Bertz CT molecular complexity index is 20.0. The van der Waals surface area contributed by atoms with Gasteiger partial charge in [-0.15, -0.1) is 0 Å². The van der Waals surface area contributed by atoms with Crippen molar-refractivity contribution in [3.63, 3.8) is 0 Å². The van der Waals surface area contributed by atoms with Crippen LogP contribution in [0, 0.1) is 0 Å². The van der Waals surface area contributed by atoms with Crippen LogP contribution >= 0.6 is 0 Å². The van der Waals surface area contributed by atoms with Crippen LogP contribution in [-0.4, -0.2) is 29.2 Å². The summed E-state index contributed by atoms with van der Waals surface area (Å²) < 4.78 is 3.91. The number of carbonyl (C=O) groups excluding carboxylic acids is 1. The average Bonchev–Trinajstić information content (AvgIpc) is 1.37. The summed E-state index contributed by atoms with van der Waals surface area (Å²) in [7, 11) is 0. The Labute approximate surface area is 37.6 Å². The topological polar surface area (TPSA) is 26.3 Å². The zero-order valence-electron chi connectivity index (χ0n) is 1.84. The van der Waals surface area contributed by atoms with E-state index in [9.17, 15) is 0 Å². The van der Waals surface area contributed by atoms with Gasteiger partial charge in [0, 0.05) is 0 Å². The first kappa shape index (κ1) is 4.26. The second-order valence-corrected chi connectivity index (χ2v) is 0.803. The van der Waals surface area contributed by atoms with Crippen LogP contribution in [0.15, 0.2) is 0 Å². The molecular weight excluding hydrogens is 172 g/mol. The first-order valence-electron chi connectivity index (χ1n) is 0.654. The van der Waals surface area contributed by atoms with Gasteiger partial charge in [0.05, 0.1) is 0 Å². The third-order valence-electron chi connectivity index (χ3n) is 0.0430. The van der Waals surface area contributed by atoms with Crippen molar-refractivity contribution in [2.45, 2.75) is 0 Å². The van der Waals surface area contributed by atoms with E-state index in [4.69, 9.17) is 4.79 Å². The van der Waals surface area contributed by atoms with Crippen LogP contribution in [0.25, 0.3) is 0 Å². The van der Waals surface area contributed by atoms with Crippen LogP contribution in [0.4, 0.5) is 0 Å². The van der Waals surface area contributed by atoms with Gasteiger partial charge >= 0.3 is 37.1 Å². The predicted octanol–water partition coefficient (Wildman–Crippen LogP) is -1.02. The number of hydrogen-bond donors (Lipinski definition) is 0. The SMILES string of the molecule is O=CO[TeH]. The van der Waals surface area contributed by atoms with Gasteiger partial charge in [-0.05, 0) is 0 Å². The summed E-state index contributed by atoms with van der Waals surface area (Å²) in [5, 5.41) is 0. The van der Waals surface area contributed by atoms with Crippen molar-refractivity contribution in [3.8, 4) is 0 Å². The van der Waals surface area contributed by atoms with Gasteiger partial charge in [0.15, 0.2) is 0 Å². The molecule has 0 saturated carbocycles. The van der Waals surface area contributed by atoms with E-state index in [2.05, 4.69) is 3.10 Å². The van der Waals surface area contributed by atoms with Crippen molar-refractivity contribution in [2.24, 2.45) is 0 Å². The molecule has 0 aliphatic rings. The Hall–Kier alpha value is 0.260. The minimum atomic E-state index is 0.397. The normalized spacial score (nSPS) is 5.25. The molecule has 0 heterocycles. The van der Waals surface area contributed by atoms with Crippen LogP contribution in [0.5, 0.6) is 0 Å². The van der Waals surface area contributed by atoms with Crippen molar-refractivity contribution in [2.75, 3.05) is 0 Å². The Morgan fingerprint density at radius 2 is 2.25 bits per heavy atom. The molecule has 0 aliphatic carbocycles. The van der Waals surface area contributed by atoms with Gasteiger partial charge in [0.1, 0.15) is 0 Å². The quantitative estimate of drug-likeness (QED) is 0.375. The minimum absolute atomic E-state index is 0.397. The second kappa shape index (κ2) is 3.26. The predicted molar refractivity (Wildman–Crippen MR) is 14.3 cm³/mol. The van der Waals surface area contributed by atoms with E-state index < -0.39 is 0 Å². The molecule has 0 fully saturated rings. The summed E-state index contributed by atoms with van der Waals surface area (Å²) in [5.74, 6) is 0. The fourth-order valence-corrected chi connectivity index (χ4v) is 0. The molecule has 0 N–H and O–H groups in total. The molecule has 0 spiro atoms.